The molecule has 7 nitrogen and oxygen atoms in total. The van der Waals surface area contributed by atoms with Crippen LogP contribution >= 0.6 is 0 Å². The Labute approximate surface area is 246 Å². The fourth-order valence-corrected chi connectivity index (χ4v) is 5.20. The van der Waals surface area contributed by atoms with Crippen LogP contribution in [-0.2, 0) is 27.4 Å². The molecule has 1 aromatic heterocycles. The lowest BCUT2D eigenvalue weighted by atomic mass is 9.90. The van der Waals surface area contributed by atoms with Crippen molar-refractivity contribution in [1.82, 2.24) is 14.7 Å². The molecule has 0 radical (unpaired) electrons. The Balaban J connectivity index is 1.42. The molecule has 1 aliphatic heterocycles. The maximum Gasteiger partial charge on any atom is 0.242 e. The van der Waals surface area contributed by atoms with Gasteiger partial charge in [0, 0.05) is 32.7 Å². The van der Waals surface area contributed by atoms with Gasteiger partial charge in [-0.2, -0.15) is 0 Å². The van der Waals surface area contributed by atoms with E-state index in [2.05, 4.69) is 4.90 Å². The topological polar surface area (TPSA) is 66.2 Å². The Hall–Kier alpha value is -4.27. The summed E-state index contributed by atoms with van der Waals surface area (Å²) in [6, 6.07) is 29.1. The summed E-state index contributed by atoms with van der Waals surface area (Å²) in [7, 11) is 0. The normalized spacial score (nSPS) is 13.7. The summed E-state index contributed by atoms with van der Waals surface area (Å²) in [6.45, 7) is 4.29. The fraction of sp³-hybridized carbons (Fsp3) is 0.294. The highest BCUT2D eigenvalue weighted by Gasteiger charge is 2.30. The number of halogens is 1. The lowest BCUT2D eigenvalue weighted by Crippen LogP contribution is -2.48. The first-order valence-corrected chi connectivity index (χ1v) is 14.3. The zero-order valence-corrected chi connectivity index (χ0v) is 23.6. The average molecular weight is 570 g/mol. The average Bonchev–Trinajstić information content (AvgIpc) is 3.55. The highest BCUT2D eigenvalue weighted by atomic mass is 19.1. The molecule has 3 aromatic carbocycles. The summed E-state index contributed by atoms with van der Waals surface area (Å²) in [5, 5.41) is 0. The van der Waals surface area contributed by atoms with Crippen LogP contribution in [0.1, 0.15) is 28.4 Å². The third-order valence-electron chi connectivity index (χ3n) is 7.51. The van der Waals surface area contributed by atoms with Crippen LogP contribution < -0.4 is 0 Å². The predicted molar refractivity (Wildman–Crippen MR) is 158 cm³/mol. The minimum absolute atomic E-state index is 0.0960. The smallest absolute Gasteiger partial charge is 0.242 e. The molecular weight excluding hydrogens is 533 g/mol. The van der Waals surface area contributed by atoms with E-state index in [4.69, 9.17) is 9.15 Å². The number of carbonyl (C=O) groups excluding carboxylic acids is 2. The molecule has 8 heteroatoms. The summed E-state index contributed by atoms with van der Waals surface area (Å²) in [4.78, 5) is 34.0. The number of rotatable bonds is 12. The van der Waals surface area contributed by atoms with Gasteiger partial charge in [0.25, 0.3) is 0 Å². The van der Waals surface area contributed by atoms with E-state index in [0.717, 1.165) is 29.8 Å². The fourth-order valence-electron chi connectivity index (χ4n) is 5.20. The van der Waals surface area contributed by atoms with Crippen molar-refractivity contribution >= 4 is 11.8 Å². The van der Waals surface area contributed by atoms with E-state index in [1.54, 1.807) is 34.3 Å². The monoisotopic (exact) mass is 569 g/mol. The van der Waals surface area contributed by atoms with Crippen molar-refractivity contribution in [2.75, 3.05) is 45.9 Å². The summed E-state index contributed by atoms with van der Waals surface area (Å²) in [5.41, 5.74) is 2.53. The van der Waals surface area contributed by atoms with E-state index in [9.17, 15) is 14.0 Å². The molecule has 2 amide bonds. The molecule has 42 heavy (non-hydrogen) atoms. The summed E-state index contributed by atoms with van der Waals surface area (Å²) in [5.74, 6) is -0.612. The van der Waals surface area contributed by atoms with Crippen molar-refractivity contribution in [3.8, 4) is 0 Å². The van der Waals surface area contributed by atoms with Gasteiger partial charge in [0.15, 0.2) is 0 Å². The molecule has 0 spiro atoms. The molecule has 0 N–H and O–H groups in total. The van der Waals surface area contributed by atoms with Gasteiger partial charge in [-0.15, -0.1) is 0 Å². The Bertz CT molecular complexity index is 1350. The molecule has 1 aliphatic rings. The largest absolute Gasteiger partial charge is 0.467 e. The van der Waals surface area contributed by atoms with Gasteiger partial charge in [-0.25, -0.2) is 4.39 Å². The number of nitrogens with zero attached hydrogens (tertiary/aromatic N) is 3. The Kier molecular flexibility index (Phi) is 10.1. The molecule has 0 saturated carbocycles. The summed E-state index contributed by atoms with van der Waals surface area (Å²) in [6.07, 6.45) is 1.57. The van der Waals surface area contributed by atoms with Gasteiger partial charge < -0.3 is 19.0 Å². The Morgan fingerprint density at radius 3 is 2.02 bits per heavy atom. The third-order valence-corrected chi connectivity index (χ3v) is 7.51. The van der Waals surface area contributed by atoms with Crippen molar-refractivity contribution < 1.29 is 23.1 Å². The minimum atomic E-state index is -0.555. The highest BCUT2D eigenvalue weighted by Crippen LogP contribution is 2.27. The van der Waals surface area contributed by atoms with Gasteiger partial charge in [-0.3, -0.25) is 14.5 Å². The maximum absolute atomic E-state index is 14.4. The number of hydrogen-bond acceptors (Lipinski definition) is 5. The molecule has 2 heterocycles. The second-order valence-electron chi connectivity index (χ2n) is 10.4. The molecule has 4 aromatic rings. The number of hydrogen-bond donors (Lipinski definition) is 0. The van der Waals surface area contributed by atoms with Gasteiger partial charge >= 0.3 is 0 Å². The second kappa shape index (κ2) is 14.6. The molecular formula is C34H36FN3O4. The number of carbonyl (C=O) groups is 2. The van der Waals surface area contributed by atoms with E-state index < -0.39 is 5.92 Å². The first-order chi connectivity index (χ1) is 20.6. The van der Waals surface area contributed by atoms with Gasteiger partial charge in [-0.05, 0) is 41.0 Å². The van der Waals surface area contributed by atoms with Crippen LogP contribution in [0, 0.1) is 5.82 Å². The Morgan fingerprint density at radius 1 is 0.786 bits per heavy atom. The van der Waals surface area contributed by atoms with Crippen LogP contribution in [0.3, 0.4) is 0 Å². The standard InChI is InChI=1S/C34H36FN3O4/c35-30-15-13-27(14-16-30)24-38(25-31-12-7-21-42-31)32(39)26-37(18-17-36-19-22-41-23-20-36)34(40)33(28-8-3-1-4-9-28)29-10-5-2-6-11-29/h1-16,21,33H,17-20,22-26H2. The predicted octanol–water partition coefficient (Wildman–Crippen LogP) is 4.94. The van der Waals surface area contributed by atoms with E-state index in [-0.39, 0.29) is 37.3 Å². The molecule has 0 unspecified atom stereocenters. The minimum Gasteiger partial charge on any atom is -0.467 e. The van der Waals surface area contributed by atoms with Crippen LogP contribution in [0.4, 0.5) is 4.39 Å². The van der Waals surface area contributed by atoms with Crippen LogP contribution in [0.25, 0.3) is 0 Å². The van der Waals surface area contributed by atoms with Crippen LogP contribution in [0.2, 0.25) is 0 Å². The molecule has 218 valence electrons. The van der Waals surface area contributed by atoms with Crippen LogP contribution in [0.15, 0.2) is 108 Å². The lowest BCUT2D eigenvalue weighted by molar-refractivity contribution is -0.142. The Morgan fingerprint density at radius 2 is 1.43 bits per heavy atom. The number of furan rings is 1. The van der Waals surface area contributed by atoms with Crippen molar-refractivity contribution in [3.05, 3.63) is 132 Å². The first-order valence-electron chi connectivity index (χ1n) is 14.3. The van der Waals surface area contributed by atoms with Gasteiger partial charge in [0.2, 0.25) is 11.8 Å². The quantitative estimate of drug-likeness (QED) is 0.242. The summed E-state index contributed by atoms with van der Waals surface area (Å²) >= 11 is 0. The first kappa shape index (κ1) is 29.2. The molecule has 0 atom stereocenters. The van der Waals surface area contributed by atoms with Gasteiger partial charge in [0.1, 0.15) is 11.6 Å². The molecule has 0 bridgehead atoms. The zero-order chi connectivity index (χ0) is 29.1. The van der Waals surface area contributed by atoms with Crippen molar-refractivity contribution in [1.29, 1.82) is 0 Å². The van der Waals surface area contributed by atoms with E-state index in [0.29, 0.717) is 32.1 Å². The van der Waals surface area contributed by atoms with Gasteiger partial charge in [-0.1, -0.05) is 72.8 Å². The number of benzene rings is 3. The van der Waals surface area contributed by atoms with Crippen molar-refractivity contribution in [2.45, 2.75) is 19.0 Å². The van der Waals surface area contributed by atoms with Crippen LogP contribution in [0.5, 0.6) is 0 Å². The van der Waals surface area contributed by atoms with Crippen molar-refractivity contribution in [3.63, 3.8) is 0 Å². The number of ether oxygens (including phenoxy) is 1. The zero-order valence-electron chi connectivity index (χ0n) is 23.6. The molecule has 1 fully saturated rings. The third kappa shape index (κ3) is 7.93. The number of morpholine rings is 1. The van der Waals surface area contributed by atoms with Crippen molar-refractivity contribution in [2.24, 2.45) is 0 Å². The molecule has 1 saturated heterocycles. The molecule has 0 aliphatic carbocycles. The lowest BCUT2D eigenvalue weighted by Gasteiger charge is -2.33. The highest BCUT2D eigenvalue weighted by molar-refractivity contribution is 5.91. The molecule has 5 rings (SSSR count). The summed E-state index contributed by atoms with van der Waals surface area (Å²) < 4.78 is 24.6. The van der Waals surface area contributed by atoms with E-state index in [1.807, 2.05) is 66.7 Å². The maximum atomic E-state index is 14.4. The second-order valence-corrected chi connectivity index (χ2v) is 10.4. The van der Waals surface area contributed by atoms with E-state index in [1.165, 1.54) is 12.1 Å². The SMILES string of the molecule is O=C(CN(CCN1CCOCC1)C(=O)C(c1ccccc1)c1ccccc1)N(Cc1ccc(F)cc1)Cc1ccco1. The van der Waals surface area contributed by atoms with E-state index >= 15 is 0 Å². The van der Waals surface area contributed by atoms with Crippen LogP contribution in [-0.4, -0.2) is 72.5 Å². The number of amides is 2. The van der Waals surface area contributed by atoms with Gasteiger partial charge in [0.05, 0.1) is 38.5 Å².